The number of aromatic nitrogens is 2. The first-order valence-electron chi connectivity index (χ1n) is 14.1. The zero-order chi connectivity index (χ0) is 30.9. The Hall–Kier alpha value is -4.47. The van der Waals surface area contributed by atoms with Crippen molar-refractivity contribution in [2.24, 2.45) is 10.4 Å². The lowest BCUT2D eigenvalue weighted by atomic mass is 9.88. The van der Waals surface area contributed by atoms with Gasteiger partial charge in [-0.05, 0) is 86.1 Å². The maximum atomic E-state index is 12.3. The van der Waals surface area contributed by atoms with Crippen LogP contribution in [0.5, 0.6) is 0 Å². The number of H-pyrrole nitrogens is 2. The molecular weight excluding hydrogens is 536 g/mol. The fourth-order valence-corrected chi connectivity index (χ4v) is 5.67. The molecule has 0 aromatic carbocycles. The van der Waals surface area contributed by atoms with Gasteiger partial charge in [0.2, 0.25) is 5.91 Å². The fraction of sp³-hybridized carbons (Fsp3) is 0.406. The quantitative estimate of drug-likeness (QED) is 0.292. The molecule has 5 N–H and O–H groups in total. The highest BCUT2D eigenvalue weighted by atomic mass is 16.4. The number of carboxylic acids is 2. The Balaban J connectivity index is 1.91. The summed E-state index contributed by atoms with van der Waals surface area (Å²) >= 11 is 0. The second-order valence-corrected chi connectivity index (χ2v) is 11.6. The van der Waals surface area contributed by atoms with Crippen LogP contribution >= 0.6 is 0 Å². The molecule has 2 aliphatic heterocycles. The molecule has 0 aliphatic carbocycles. The summed E-state index contributed by atoms with van der Waals surface area (Å²) in [6.45, 7) is 11.5. The van der Waals surface area contributed by atoms with E-state index in [1.807, 2.05) is 52.8 Å². The van der Waals surface area contributed by atoms with Gasteiger partial charge in [-0.3, -0.25) is 19.2 Å². The van der Waals surface area contributed by atoms with Crippen molar-refractivity contribution >= 4 is 47.7 Å². The third-order valence-electron chi connectivity index (χ3n) is 8.20. The van der Waals surface area contributed by atoms with Gasteiger partial charge in [0.15, 0.2) is 0 Å². The number of hydrogen-bond acceptors (Lipinski definition) is 4. The van der Waals surface area contributed by atoms with Crippen molar-refractivity contribution in [2.45, 2.75) is 80.1 Å². The lowest BCUT2D eigenvalue weighted by Gasteiger charge is -2.17. The molecule has 2 aromatic heterocycles. The molecule has 10 heteroatoms. The Morgan fingerprint density at radius 1 is 0.881 bits per heavy atom. The molecule has 0 bridgehead atoms. The van der Waals surface area contributed by atoms with Gasteiger partial charge in [-0.1, -0.05) is 20.8 Å². The molecular formula is C32H38N4O6. The Bertz CT molecular complexity index is 1710. The average Bonchev–Trinajstić information content (AvgIpc) is 3.53. The summed E-state index contributed by atoms with van der Waals surface area (Å²) in [6.07, 6.45) is 7.08. The van der Waals surface area contributed by atoms with Gasteiger partial charge >= 0.3 is 11.9 Å². The van der Waals surface area contributed by atoms with Gasteiger partial charge in [0.05, 0.1) is 5.71 Å². The van der Waals surface area contributed by atoms with Crippen molar-refractivity contribution in [3.63, 3.8) is 0 Å². The van der Waals surface area contributed by atoms with Crippen LogP contribution in [0.3, 0.4) is 0 Å². The maximum absolute atomic E-state index is 12.3. The van der Waals surface area contributed by atoms with Gasteiger partial charge in [-0.25, -0.2) is 4.99 Å². The summed E-state index contributed by atoms with van der Waals surface area (Å²) in [7, 11) is 0. The number of carboxylic acid groups (broad SMARTS) is 2. The summed E-state index contributed by atoms with van der Waals surface area (Å²) in [5, 5.41) is 23.2. The van der Waals surface area contributed by atoms with Crippen LogP contribution in [0.15, 0.2) is 21.8 Å². The molecule has 42 heavy (non-hydrogen) atoms. The minimum absolute atomic E-state index is 0.0492. The van der Waals surface area contributed by atoms with Crippen molar-refractivity contribution in [3.8, 4) is 0 Å². The van der Waals surface area contributed by atoms with Crippen molar-refractivity contribution in [1.82, 2.24) is 15.3 Å². The molecule has 2 amide bonds. The zero-order valence-electron chi connectivity index (χ0n) is 24.9. The Morgan fingerprint density at radius 2 is 1.52 bits per heavy atom. The normalized spacial score (nSPS) is 18.4. The smallest absolute Gasteiger partial charge is 0.303 e. The van der Waals surface area contributed by atoms with E-state index in [1.165, 1.54) is 0 Å². The third kappa shape index (κ3) is 6.22. The molecule has 4 heterocycles. The van der Waals surface area contributed by atoms with Gasteiger partial charge in [0.25, 0.3) is 5.91 Å². The predicted octanol–water partition coefficient (Wildman–Crippen LogP) is 3.20. The summed E-state index contributed by atoms with van der Waals surface area (Å²) in [5.74, 6) is -2.14. The predicted molar refractivity (Wildman–Crippen MR) is 160 cm³/mol. The molecule has 0 radical (unpaired) electrons. The molecule has 4 rings (SSSR count). The first-order chi connectivity index (χ1) is 19.7. The van der Waals surface area contributed by atoms with Crippen LogP contribution in [-0.4, -0.2) is 49.6 Å². The highest BCUT2D eigenvalue weighted by Crippen LogP contribution is 2.35. The first-order valence-corrected chi connectivity index (χ1v) is 14.1. The van der Waals surface area contributed by atoms with Crippen LogP contribution in [0, 0.1) is 19.3 Å². The molecule has 0 saturated carbocycles. The minimum atomic E-state index is -0.919. The molecule has 10 nitrogen and oxygen atoms in total. The maximum Gasteiger partial charge on any atom is 0.303 e. The van der Waals surface area contributed by atoms with E-state index in [0.717, 1.165) is 44.6 Å². The molecule has 2 aromatic rings. The van der Waals surface area contributed by atoms with E-state index in [1.54, 1.807) is 6.92 Å². The number of carbonyl (C=O) groups excluding carboxylic acids is 2. The molecule has 1 fully saturated rings. The van der Waals surface area contributed by atoms with Gasteiger partial charge in [0, 0.05) is 58.0 Å². The van der Waals surface area contributed by atoms with E-state index < -0.39 is 11.9 Å². The zero-order valence-corrected chi connectivity index (χ0v) is 24.9. The topological polar surface area (TPSA) is 165 Å². The highest BCUT2D eigenvalue weighted by Gasteiger charge is 2.34. The van der Waals surface area contributed by atoms with E-state index in [0.29, 0.717) is 35.2 Å². The van der Waals surface area contributed by atoms with Crippen molar-refractivity contribution in [2.75, 3.05) is 0 Å². The fourth-order valence-electron chi connectivity index (χ4n) is 5.67. The largest absolute Gasteiger partial charge is 0.481 e. The summed E-state index contributed by atoms with van der Waals surface area (Å²) in [4.78, 5) is 58.4. The standard InChI is InChI=1S/C32H38N4O6/c1-7-19-18(4)31(42)35-24(19)12-22-16(2)20(8-10-29(38)39)25(33-22)13-26-21(9-11-30(40)41)17(3)23(34-26)14-27-32(5,6)15-28(37)36-27/h12-14,33-34H,7-11,15H2,1-6H3,(H,36,37)(H,38,39)(H,40,41)/b22-12-,25-13-,27-14-. The monoisotopic (exact) mass is 574 g/mol. The van der Waals surface area contributed by atoms with E-state index in [4.69, 9.17) is 0 Å². The number of amides is 2. The number of aliphatic carboxylic acids is 2. The van der Waals surface area contributed by atoms with Crippen LogP contribution in [0.25, 0.3) is 18.2 Å². The molecule has 1 saturated heterocycles. The number of rotatable bonds is 10. The molecule has 0 unspecified atom stereocenters. The number of aliphatic imine (C=N–C) groups is 1. The van der Waals surface area contributed by atoms with Gasteiger partial charge in [-0.15, -0.1) is 0 Å². The van der Waals surface area contributed by atoms with Crippen LogP contribution in [-0.2, 0) is 32.0 Å². The third-order valence-corrected chi connectivity index (χ3v) is 8.20. The van der Waals surface area contributed by atoms with Crippen molar-refractivity contribution < 1.29 is 29.4 Å². The van der Waals surface area contributed by atoms with Crippen LogP contribution < -0.4 is 16.0 Å². The average molecular weight is 575 g/mol. The number of nitrogens with one attached hydrogen (secondary N) is 3. The van der Waals surface area contributed by atoms with E-state index in [2.05, 4.69) is 20.3 Å². The van der Waals surface area contributed by atoms with E-state index >= 15 is 0 Å². The Kier molecular flexibility index (Phi) is 8.56. The molecule has 0 atom stereocenters. The summed E-state index contributed by atoms with van der Waals surface area (Å²) in [6, 6.07) is 0. The van der Waals surface area contributed by atoms with Crippen LogP contribution in [0.1, 0.15) is 87.0 Å². The Labute approximate surface area is 244 Å². The number of hydrogen-bond donors (Lipinski definition) is 5. The number of allylic oxidation sites excluding steroid dienone is 2. The van der Waals surface area contributed by atoms with Crippen molar-refractivity contribution in [1.29, 1.82) is 0 Å². The Morgan fingerprint density at radius 3 is 2.10 bits per heavy atom. The number of carbonyl (C=O) groups is 4. The lowest BCUT2D eigenvalue weighted by molar-refractivity contribution is -0.138. The second kappa shape index (κ2) is 11.8. The molecule has 222 valence electrons. The lowest BCUT2D eigenvalue weighted by Crippen LogP contribution is -2.15. The van der Waals surface area contributed by atoms with Crippen molar-refractivity contribution in [3.05, 3.63) is 61.2 Å². The summed E-state index contributed by atoms with van der Waals surface area (Å²) < 4.78 is 0. The minimum Gasteiger partial charge on any atom is -0.481 e. The van der Waals surface area contributed by atoms with Crippen LogP contribution in [0.4, 0.5) is 0 Å². The summed E-state index contributed by atoms with van der Waals surface area (Å²) in [5.41, 5.74) is 7.34. The second-order valence-electron chi connectivity index (χ2n) is 11.6. The van der Waals surface area contributed by atoms with Crippen LogP contribution in [0.2, 0.25) is 0 Å². The van der Waals surface area contributed by atoms with Gasteiger partial charge in [-0.2, -0.15) is 0 Å². The SMILES string of the molecule is CCC1=C(C)C(=O)N=C1/C=c1\[nH]/c(=C\c2[nH]c(/C=C3\NC(=O)CC3(C)C)c(C)c2CCC(=O)O)c(CCC(=O)O)c1C. The first kappa shape index (κ1) is 30.5. The molecule has 2 aliphatic rings. The highest BCUT2D eigenvalue weighted by molar-refractivity contribution is 6.30. The molecule has 0 spiro atoms. The van der Waals surface area contributed by atoms with E-state index in [-0.39, 0.29) is 42.9 Å². The number of aromatic amines is 2. The number of nitrogens with zero attached hydrogens (tertiary/aromatic N) is 1. The van der Waals surface area contributed by atoms with Gasteiger partial charge in [0.1, 0.15) is 0 Å². The van der Waals surface area contributed by atoms with Gasteiger partial charge < -0.3 is 25.5 Å². The van der Waals surface area contributed by atoms with E-state index in [9.17, 15) is 29.4 Å².